The summed E-state index contributed by atoms with van der Waals surface area (Å²) in [5, 5.41) is 2.92. The van der Waals surface area contributed by atoms with E-state index >= 15 is 0 Å². The number of fused-ring (bicyclic) bond motifs is 3. The Kier molecular flexibility index (Phi) is 6.80. The second-order valence-electron chi connectivity index (χ2n) is 7.83. The lowest BCUT2D eigenvalue weighted by molar-refractivity contribution is -0.128. The zero-order valence-corrected chi connectivity index (χ0v) is 19.1. The fourth-order valence-electron chi connectivity index (χ4n) is 3.52. The second kappa shape index (κ2) is 9.19. The van der Waals surface area contributed by atoms with Crippen molar-refractivity contribution in [2.45, 2.75) is 38.1 Å². The van der Waals surface area contributed by atoms with Gasteiger partial charge in [0.05, 0.1) is 24.5 Å². The molecule has 1 aromatic carbocycles. The summed E-state index contributed by atoms with van der Waals surface area (Å²) in [6.45, 7) is 4.21. The number of nitrogens with one attached hydrogen (secondary N) is 1. The topological polar surface area (TPSA) is 105 Å². The number of aromatic nitrogens is 2. The molecule has 1 aromatic heterocycles. The zero-order valence-electron chi connectivity index (χ0n) is 18.3. The van der Waals surface area contributed by atoms with Crippen LogP contribution in [0.5, 0.6) is 0 Å². The molecule has 0 saturated heterocycles. The van der Waals surface area contributed by atoms with Crippen LogP contribution < -0.4 is 5.32 Å². The third-order valence-electron chi connectivity index (χ3n) is 5.67. The van der Waals surface area contributed by atoms with E-state index in [2.05, 4.69) is 24.1 Å². The Morgan fingerprint density at radius 3 is 2.52 bits per heavy atom. The molecule has 0 unspecified atom stereocenters. The van der Waals surface area contributed by atoms with Gasteiger partial charge >= 0.3 is 0 Å². The third-order valence-corrected chi connectivity index (χ3v) is 7.51. The quantitative estimate of drug-likeness (QED) is 0.695. The number of carbonyl (C=O) groups excluding carboxylic acids is 2. The monoisotopic (exact) mass is 447 g/mol. The maximum atomic E-state index is 13.3. The second-order valence-corrected chi connectivity index (χ2v) is 9.74. The summed E-state index contributed by atoms with van der Waals surface area (Å²) in [6.07, 6.45) is 3.36. The molecule has 3 rings (SSSR count). The number of hydrogen-bond acceptors (Lipinski definition) is 5. The summed E-state index contributed by atoms with van der Waals surface area (Å²) in [6, 6.07) is 6.53. The Morgan fingerprint density at radius 2 is 1.87 bits per heavy atom. The maximum Gasteiger partial charge on any atom is 0.271 e. The van der Waals surface area contributed by atoms with Crippen molar-refractivity contribution in [3.63, 3.8) is 0 Å². The summed E-state index contributed by atoms with van der Waals surface area (Å²) in [5.41, 5.74) is 1.01. The number of nitrogens with zero attached hydrogens (tertiary/aromatic N) is 4. The van der Waals surface area contributed by atoms with Crippen molar-refractivity contribution in [2.75, 3.05) is 27.2 Å². The van der Waals surface area contributed by atoms with Gasteiger partial charge in [0.25, 0.3) is 5.91 Å². The Morgan fingerprint density at radius 1 is 1.19 bits per heavy atom. The molecule has 168 valence electrons. The summed E-state index contributed by atoms with van der Waals surface area (Å²) in [4.78, 5) is 31.0. The van der Waals surface area contributed by atoms with Gasteiger partial charge in [0, 0.05) is 20.6 Å². The number of amides is 2. The number of imidazole rings is 1. The zero-order chi connectivity index (χ0) is 22.8. The maximum absolute atomic E-state index is 13.3. The molecule has 2 heterocycles. The van der Waals surface area contributed by atoms with Gasteiger partial charge in [-0.15, -0.1) is 0 Å². The van der Waals surface area contributed by atoms with E-state index in [1.165, 1.54) is 17.3 Å². The average Bonchev–Trinajstić information content (AvgIpc) is 3.13. The van der Waals surface area contributed by atoms with Gasteiger partial charge in [-0.25, -0.2) is 13.4 Å². The van der Waals surface area contributed by atoms with Crippen molar-refractivity contribution in [3.8, 4) is 5.69 Å². The number of likely N-dealkylation sites (N-methyl/N-ethyl adjacent to an activating group) is 1. The van der Waals surface area contributed by atoms with E-state index in [1.54, 1.807) is 36.9 Å². The first-order valence-electron chi connectivity index (χ1n) is 10.3. The Balaban J connectivity index is 2.04. The highest BCUT2D eigenvalue weighted by Crippen LogP contribution is 2.31. The molecule has 2 amide bonds. The molecule has 0 fully saturated rings. The number of para-hydroxylation sites is 1. The fraction of sp³-hybridized carbons (Fsp3) is 0.476. The molecule has 10 heteroatoms. The van der Waals surface area contributed by atoms with E-state index in [4.69, 9.17) is 0 Å². The highest BCUT2D eigenvalue weighted by atomic mass is 32.2. The first-order chi connectivity index (χ1) is 14.7. The van der Waals surface area contributed by atoms with Gasteiger partial charge in [-0.05, 0) is 18.1 Å². The molecule has 9 nitrogen and oxygen atoms in total. The molecule has 31 heavy (non-hydrogen) atoms. The van der Waals surface area contributed by atoms with E-state index < -0.39 is 10.0 Å². The number of hydrogen-bond donors (Lipinski definition) is 1. The average molecular weight is 448 g/mol. The van der Waals surface area contributed by atoms with Gasteiger partial charge < -0.3 is 10.2 Å². The van der Waals surface area contributed by atoms with Crippen LogP contribution in [0, 0.1) is 5.92 Å². The van der Waals surface area contributed by atoms with Crippen LogP contribution in [0.15, 0.2) is 35.5 Å². The molecule has 0 aliphatic carbocycles. The van der Waals surface area contributed by atoms with Crippen LogP contribution in [-0.2, 0) is 21.4 Å². The minimum atomic E-state index is -3.96. The minimum absolute atomic E-state index is 0.0710. The van der Waals surface area contributed by atoms with Crippen molar-refractivity contribution in [1.29, 1.82) is 0 Å². The van der Waals surface area contributed by atoms with Crippen molar-refractivity contribution in [2.24, 2.45) is 5.92 Å². The van der Waals surface area contributed by atoms with Crippen LogP contribution >= 0.6 is 0 Å². The predicted octanol–water partition coefficient (Wildman–Crippen LogP) is 1.63. The molecule has 0 bridgehead atoms. The van der Waals surface area contributed by atoms with Crippen molar-refractivity contribution in [1.82, 2.24) is 24.1 Å². The van der Waals surface area contributed by atoms with Crippen molar-refractivity contribution >= 4 is 21.8 Å². The molecule has 0 atom stereocenters. The summed E-state index contributed by atoms with van der Waals surface area (Å²) < 4.78 is 29.4. The lowest BCUT2D eigenvalue weighted by Crippen LogP contribution is -2.40. The van der Waals surface area contributed by atoms with Gasteiger partial charge in [-0.2, -0.15) is 4.31 Å². The van der Waals surface area contributed by atoms with E-state index in [0.717, 1.165) is 17.1 Å². The molecule has 1 aliphatic rings. The highest BCUT2D eigenvalue weighted by molar-refractivity contribution is 7.89. The summed E-state index contributed by atoms with van der Waals surface area (Å²) in [5.74, 6) is -0.342. The first kappa shape index (κ1) is 23.0. The Labute approximate surface area is 183 Å². The summed E-state index contributed by atoms with van der Waals surface area (Å²) in [7, 11) is -0.814. The normalized spacial score (nSPS) is 15.1. The number of carbonyl (C=O) groups is 2. The molecule has 0 radical (unpaired) electrons. The molecule has 0 saturated carbocycles. The number of rotatable bonds is 7. The van der Waals surface area contributed by atoms with Gasteiger partial charge in [-0.3, -0.25) is 14.2 Å². The van der Waals surface area contributed by atoms with Crippen LogP contribution in [0.2, 0.25) is 0 Å². The minimum Gasteiger partial charge on any atom is -0.350 e. The molecule has 1 aliphatic heterocycles. The van der Waals surface area contributed by atoms with Crippen molar-refractivity contribution < 1.29 is 18.0 Å². The lowest BCUT2D eigenvalue weighted by Gasteiger charge is -2.21. The molecule has 1 N–H and O–H groups in total. The van der Waals surface area contributed by atoms with Crippen LogP contribution in [0.4, 0.5) is 0 Å². The van der Waals surface area contributed by atoms with E-state index in [-0.39, 0.29) is 35.5 Å². The third kappa shape index (κ3) is 4.49. The fourth-order valence-corrected chi connectivity index (χ4v) is 5.05. The van der Waals surface area contributed by atoms with Gasteiger partial charge in [0.15, 0.2) is 5.69 Å². The van der Waals surface area contributed by atoms with E-state index in [1.807, 2.05) is 0 Å². The molecular weight excluding hydrogens is 418 g/mol. The summed E-state index contributed by atoms with van der Waals surface area (Å²) >= 11 is 0. The Bertz CT molecular complexity index is 1070. The first-order valence-corrected chi connectivity index (χ1v) is 11.8. The smallest absolute Gasteiger partial charge is 0.271 e. The van der Waals surface area contributed by atoms with Gasteiger partial charge in [0.2, 0.25) is 15.9 Å². The van der Waals surface area contributed by atoms with Crippen LogP contribution in [0.1, 0.15) is 42.9 Å². The SMILES string of the molecule is CCC(CC)CNC(=O)c1ncn2c1CN(CC(=O)N(C)C)S(=O)(=O)c1ccccc1-2. The molecule has 2 aromatic rings. The van der Waals surface area contributed by atoms with E-state index in [9.17, 15) is 18.0 Å². The highest BCUT2D eigenvalue weighted by Gasteiger charge is 2.36. The van der Waals surface area contributed by atoms with E-state index in [0.29, 0.717) is 23.8 Å². The Hall–Kier alpha value is -2.72. The number of benzene rings is 1. The van der Waals surface area contributed by atoms with Crippen LogP contribution in [-0.4, -0.2) is 66.2 Å². The predicted molar refractivity (Wildman–Crippen MR) is 116 cm³/mol. The largest absolute Gasteiger partial charge is 0.350 e. The van der Waals surface area contributed by atoms with Crippen molar-refractivity contribution in [3.05, 3.63) is 42.0 Å². The van der Waals surface area contributed by atoms with Gasteiger partial charge in [0.1, 0.15) is 11.2 Å². The van der Waals surface area contributed by atoms with Gasteiger partial charge in [-0.1, -0.05) is 38.8 Å². The number of sulfonamides is 1. The lowest BCUT2D eigenvalue weighted by atomic mass is 10.0. The standard InChI is InChI=1S/C21H29N5O4S/c1-5-15(6-2)11-22-21(28)20-17-12-25(13-19(27)24(3)4)31(29,30)18-10-8-7-9-16(18)26(17)14-23-20/h7-10,14-15H,5-6,11-13H2,1-4H3,(H,22,28). The molecule has 0 spiro atoms. The van der Waals surface area contributed by atoms with Crippen LogP contribution in [0.3, 0.4) is 0 Å². The molecular formula is C21H29N5O4S. The van der Waals surface area contributed by atoms with Crippen LogP contribution in [0.25, 0.3) is 5.69 Å².